The lowest BCUT2D eigenvalue weighted by atomic mass is 10.2. The molecular weight excluding hydrogens is 261 g/mol. The van der Waals surface area contributed by atoms with Crippen LogP contribution in [0.25, 0.3) is 0 Å². The van der Waals surface area contributed by atoms with Gasteiger partial charge in [-0.15, -0.1) is 0 Å². The number of rotatable bonds is 7. The summed E-state index contributed by atoms with van der Waals surface area (Å²) in [5, 5.41) is 12.9. The van der Waals surface area contributed by atoms with Crippen molar-refractivity contribution in [2.24, 2.45) is 0 Å². The van der Waals surface area contributed by atoms with Gasteiger partial charge in [0.1, 0.15) is 5.82 Å². The normalized spacial score (nSPS) is 20.1. The first-order chi connectivity index (χ1) is 9.65. The summed E-state index contributed by atoms with van der Waals surface area (Å²) in [5.41, 5.74) is 1.64. The molecule has 5 heteroatoms. The van der Waals surface area contributed by atoms with Crippen molar-refractivity contribution in [2.45, 2.75) is 32.0 Å². The lowest BCUT2D eigenvalue weighted by molar-refractivity contribution is -0.0137. The number of ether oxygens (including phenoxy) is 2. The minimum absolute atomic E-state index is 0.167. The standard InChI is InChI=1S/C15H22FNO3/c1-11-4-5-12(16)7-15(11)17-8-13(18)9-19-10-14-3-2-6-20-14/h4-5,7,13-14,17-18H,2-3,6,8-10H2,1H3. The maximum atomic E-state index is 13.1. The van der Waals surface area contributed by atoms with Gasteiger partial charge in [-0.1, -0.05) is 6.07 Å². The van der Waals surface area contributed by atoms with Gasteiger partial charge in [0.05, 0.1) is 25.4 Å². The van der Waals surface area contributed by atoms with Crippen molar-refractivity contribution in [3.63, 3.8) is 0 Å². The average Bonchev–Trinajstić information content (AvgIpc) is 2.93. The maximum absolute atomic E-state index is 13.1. The van der Waals surface area contributed by atoms with Crippen LogP contribution in [0.4, 0.5) is 10.1 Å². The van der Waals surface area contributed by atoms with Crippen LogP contribution in [0.3, 0.4) is 0 Å². The molecule has 4 nitrogen and oxygen atoms in total. The highest BCUT2D eigenvalue weighted by atomic mass is 19.1. The van der Waals surface area contributed by atoms with E-state index in [4.69, 9.17) is 9.47 Å². The lowest BCUT2D eigenvalue weighted by Crippen LogP contribution is -2.27. The van der Waals surface area contributed by atoms with E-state index in [1.165, 1.54) is 12.1 Å². The quantitative estimate of drug-likeness (QED) is 0.804. The molecule has 1 fully saturated rings. The lowest BCUT2D eigenvalue weighted by Gasteiger charge is -2.16. The first-order valence-corrected chi connectivity index (χ1v) is 7.02. The van der Waals surface area contributed by atoms with Gasteiger partial charge in [0.2, 0.25) is 0 Å². The number of nitrogens with one attached hydrogen (secondary N) is 1. The molecule has 0 spiro atoms. The van der Waals surface area contributed by atoms with Crippen LogP contribution in [0.2, 0.25) is 0 Å². The Bertz CT molecular complexity index is 422. The molecule has 0 radical (unpaired) electrons. The van der Waals surface area contributed by atoms with Gasteiger partial charge in [0.15, 0.2) is 0 Å². The van der Waals surface area contributed by atoms with Gasteiger partial charge in [-0.25, -0.2) is 4.39 Å². The summed E-state index contributed by atoms with van der Waals surface area (Å²) in [6, 6.07) is 4.55. The van der Waals surface area contributed by atoms with Gasteiger partial charge in [0, 0.05) is 18.8 Å². The molecule has 0 aliphatic carbocycles. The fourth-order valence-corrected chi connectivity index (χ4v) is 2.18. The third-order valence-electron chi connectivity index (χ3n) is 3.37. The van der Waals surface area contributed by atoms with Crippen LogP contribution < -0.4 is 5.32 Å². The number of benzene rings is 1. The maximum Gasteiger partial charge on any atom is 0.125 e. The number of halogens is 1. The van der Waals surface area contributed by atoms with E-state index in [0.29, 0.717) is 18.8 Å². The molecule has 2 rings (SSSR count). The van der Waals surface area contributed by atoms with E-state index < -0.39 is 6.10 Å². The SMILES string of the molecule is Cc1ccc(F)cc1NCC(O)COCC1CCCO1. The first-order valence-electron chi connectivity index (χ1n) is 7.02. The molecule has 1 saturated heterocycles. The van der Waals surface area contributed by atoms with Gasteiger partial charge in [-0.05, 0) is 37.5 Å². The average molecular weight is 283 g/mol. The fraction of sp³-hybridized carbons (Fsp3) is 0.600. The van der Waals surface area contributed by atoms with Crippen LogP contribution in [0, 0.1) is 12.7 Å². The van der Waals surface area contributed by atoms with E-state index in [1.807, 2.05) is 6.92 Å². The number of hydrogen-bond acceptors (Lipinski definition) is 4. The van der Waals surface area contributed by atoms with Gasteiger partial charge < -0.3 is 19.9 Å². The van der Waals surface area contributed by atoms with Crippen molar-refractivity contribution in [1.82, 2.24) is 0 Å². The highest BCUT2D eigenvalue weighted by Gasteiger charge is 2.16. The van der Waals surface area contributed by atoms with Gasteiger partial charge in [-0.3, -0.25) is 0 Å². The molecule has 0 bridgehead atoms. The van der Waals surface area contributed by atoms with Crippen molar-refractivity contribution >= 4 is 5.69 Å². The third-order valence-corrected chi connectivity index (χ3v) is 3.37. The summed E-state index contributed by atoms with van der Waals surface area (Å²) in [5.74, 6) is -0.290. The van der Waals surface area contributed by atoms with E-state index >= 15 is 0 Å². The molecular formula is C15H22FNO3. The molecule has 20 heavy (non-hydrogen) atoms. The smallest absolute Gasteiger partial charge is 0.125 e. The Morgan fingerprint density at radius 3 is 3.15 bits per heavy atom. The van der Waals surface area contributed by atoms with Gasteiger partial charge in [0.25, 0.3) is 0 Å². The van der Waals surface area contributed by atoms with Crippen LogP contribution in [-0.2, 0) is 9.47 Å². The summed E-state index contributed by atoms with van der Waals surface area (Å²) in [6.45, 7) is 3.80. The van der Waals surface area contributed by atoms with Crippen LogP contribution in [0.15, 0.2) is 18.2 Å². The zero-order valence-electron chi connectivity index (χ0n) is 11.8. The van der Waals surface area contributed by atoms with Crippen molar-refractivity contribution < 1.29 is 19.0 Å². The van der Waals surface area contributed by atoms with Crippen LogP contribution in [0.5, 0.6) is 0 Å². The summed E-state index contributed by atoms with van der Waals surface area (Å²) in [7, 11) is 0. The summed E-state index contributed by atoms with van der Waals surface area (Å²) < 4.78 is 24.0. The summed E-state index contributed by atoms with van der Waals surface area (Å²) in [6.07, 6.45) is 1.65. The Morgan fingerprint density at radius 1 is 1.55 bits per heavy atom. The molecule has 0 aromatic heterocycles. The van der Waals surface area contributed by atoms with E-state index in [2.05, 4.69) is 5.32 Å². The minimum Gasteiger partial charge on any atom is -0.389 e. The Hall–Kier alpha value is -1.17. The molecule has 112 valence electrons. The molecule has 2 atom stereocenters. The predicted octanol–water partition coefficient (Wildman–Crippen LogP) is 2.10. The second-order valence-electron chi connectivity index (χ2n) is 5.17. The highest BCUT2D eigenvalue weighted by molar-refractivity contribution is 5.50. The van der Waals surface area contributed by atoms with E-state index in [1.54, 1.807) is 6.07 Å². The van der Waals surface area contributed by atoms with Crippen molar-refractivity contribution in [2.75, 3.05) is 31.7 Å². The third kappa shape index (κ3) is 4.74. The van der Waals surface area contributed by atoms with E-state index in [0.717, 1.165) is 25.0 Å². The highest BCUT2D eigenvalue weighted by Crippen LogP contribution is 2.16. The second kappa shape index (κ2) is 7.57. The van der Waals surface area contributed by atoms with Crippen LogP contribution >= 0.6 is 0 Å². The van der Waals surface area contributed by atoms with Crippen LogP contribution in [-0.4, -0.2) is 43.7 Å². The molecule has 2 unspecified atom stereocenters. The molecule has 0 saturated carbocycles. The molecule has 0 amide bonds. The minimum atomic E-state index is -0.626. The monoisotopic (exact) mass is 283 g/mol. The molecule has 2 N–H and O–H groups in total. The van der Waals surface area contributed by atoms with Crippen molar-refractivity contribution in [1.29, 1.82) is 0 Å². The Morgan fingerprint density at radius 2 is 2.40 bits per heavy atom. The molecule has 1 aliphatic rings. The first kappa shape index (κ1) is 15.2. The van der Waals surface area contributed by atoms with Crippen molar-refractivity contribution in [3.05, 3.63) is 29.6 Å². The number of anilines is 1. The number of aryl methyl sites for hydroxylation is 1. The van der Waals surface area contributed by atoms with E-state index in [9.17, 15) is 9.50 Å². The Balaban J connectivity index is 1.66. The van der Waals surface area contributed by atoms with Gasteiger partial charge >= 0.3 is 0 Å². The number of hydrogen-bond donors (Lipinski definition) is 2. The molecule has 1 aromatic carbocycles. The topological polar surface area (TPSA) is 50.7 Å². The molecule has 1 heterocycles. The predicted molar refractivity (Wildman–Crippen MR) is 75.4 cm³/mol. The summed E-state index contributed by atoms with van der Waals surface area (Å²) in [4.78, 5) is 0. The van der Waals surface area contributed by atoms with Crippen LogP contribution in [0.1, 0.15) is 18.4 Å². The Kier molecular flexibility index (Phi) is 5.76. The van der Waals surface area contributed by atoms with Gasteiger partial charge in [-0.2, -0.15) is 0 Å². The van der Waals surface area contributed by atoms with E-state index in [-0.39, 0.29) is 18.5 Å². The number of aliphatic hydroxyl groups excluding tert-OH is 1. The zero-order valence-corrected chi connectivity index (χ0v) is 11.8. The largest absolute Gasteiger partial charge is 0.389 e. The number of aliphatic hydroxyl groups is 1. The fourth-order valence-electron chi connectivity index (χ4n) is 2.18. The molecule has 1 aliphatic heterocycles. The Labute approximate surface area is 118 Å². The molecule has 1 aromatic rings. The zero-order chi connectivity index (χ0) is 14.4. The van der Waals surface area contributed by atoms with Crippen molar-refractivity contribution in [3.8, 4) is 0 Å². The summed E-state index contributed by atoms with van der Waals surface area (Å²) >= 11 is 0. The second-order valence-corrected chi connectivity index (χ2v) is 5.17.